The molecule has 0 unspecified atom stereocenters. The fourth-order valence-electron chi connectivity index (χ4n) is 9.30. The van der Waals surface area contributed by atoms with E-state index in [4.69, 9.17) is 21.5 Å². The molecule has 9 heteroatoms. The maximum Gasteiger partial charge on any atom is 0.416 e. The first-order valence-corrected chi connectivity index (χ1v) is 22.5. The normalized spacial score (nSPS) is 11.4. The third kappa shape index (κ3) is 7.92. The number of alkyl halides is 3. The quantitative estimate of drug-likeness (QED) is 0.142. The van der Waals surface area contributed by atoms with E-state index < -0.39 is 11.7 Å². The first-order chi connectivity index (χ1) is 34.1. The second-order valence-electron chi connectivity index (χ2n) is 17.0. The van der Waals surface area contributed by atoms with Gasteiger partial charge < -0.3 is 4.57 Å². The average Bonchev–Trinajstić information content (AvgIpc) is 3.73. The molecule has 332 valence electrons. The largest absolute Gasteiger partial charge is 0.416 e. The van der Waals surface area contributed by atoms with Gasteiger partial charge in [0.15, 0.2) is 23.2 Å². The van der Waals surface area contributed by atoms with Crippen molar-refractivity contribution >= 4 is 27.5 Å². The Hall–Kier alpha value is -9.44. The van der Waals surface area contributed by atoms with Crippen LogP contribution < -0.4 is 0 Å². The first kappa shape index (κ1) is 43.1. The Labute approximate surface area is 401 Å². The van der Waals surface area contributed by atoms with E-state index in [2.05, 4.69) is 33.7 Å². The van der Waals surface area contributed by atoms with Crippen LogP contribution in [0.15, 0.2) is 206 Å². The van der Waals surface area contributed by atoms with Crippen molar-refractivity contribution in [1.82, 2.24) is 19.5 Å². The highest BCUT2D eigenvalue weighted by Gasteiger charge is 2.31. The standard InChI is InChI=1S/C61H37F3N6/c1-38-15-13-21-41(31-38)50-35-46(60-68-58(39-16-5-3-6-17-39)67-59(69-60)40-18-7-4-8-19-40)36-51(42-22-14-23-47(32-42)61(62,63)64)57(50)70-55-29-27-43(48-24-10-9-20-45(48)37-65)33-52(55)53-34-44(28-30-56(53)70)49-25-11-12-26-54(49)66-2/h3-36H,1H3. The molecule has 2 aromatic heterocycles. The number of para-hydroxylation sites is 1. The van der Waals surface area contributed by atoms with E-state index in [0.717, 1.165) is 77.9 Å². The second kappa shape index (κ2) is 17.7. The number of nitriles is 1. The van der Waals surface area contributed by atoms with Crippen LogP contribution in [-0.2, 0) is 6.18 Å². The average molecular weight is 911 g/mol. The van der Waals surface area contributed by atoms with Gasteiger partial charge in [-0.3, -0.25) is 0 Å². The van der Waals surface area contributed by atoms with Crippen molar-refractivity contribution in [2.24, 2.45) is 0 Å². The predicted molar refractivity (Wildman–Crippen MR) is 273 cm³/mol. The Kier molecular flexibility index (Phi) is 10.9. The van der Waals surface area contributed by atoms with Crippen LogP contribution in [0.5, 0.6) is 0 Å². The Balaban J connectivity index is 1.28. The van der Waals surface area contributed by atoms with E-state index in [1.807, 2.05) is 159 Å². The third-order valence-electron chi connectivity index (χ3n) is 12.6. The topological polar surface area (TPSA) is 71.8 Å². The zero-order valence-electron chi connectivity index (χ0n) is 37.4. The highest BCUT2D eigenvalue weighted by molar-refractivity contribution is 6.13. The van der Waals surface area contributed by atoms with Gasteiger partial charge in [-0.05, 0) is 94.9 Å². The number of aromatic nitrogens is 4. The number of rotatable bonds is 8. The predicted octanol–water partition coefficient (Wildman–Crippen LogP) is 16.4. The molecule has 6 nitrogen and oxygen atoms in total. The highest BCUT2D eigenvalue weighted by Crippen LogP contribution is 2.46. The second-order valence-corrected chi connectivity index (χ2v) is 17.0. The summed E-state index contributed by atoms with van der Waals surface area (Å²) in [6.07, 6.45) is -4.63. The summed E-state index contributed by atoms with van der Waals surface area (Å²) in [5.74, 6) is 1.23. The molecule has 2 heterocycles. The van der Waals surface area contributed by atoms with Crippen molar-refractivity contribution in [3.05, 3.63) is 234 Å². The van der Waals surface area contributed by atoms with Gasteiger partial charge in [0.1, 0.15) is 0 Å². The molecule has 0 spiro atoms. The van der Waals surface area contributed by atoms with E-state index in [9.17, 15) is 18.4 Å². The Morgan fingerprint density at radius 2 is 0.957 bits per heavy atom. The van der Waals surface area contributed by atoms with Gasteiger partial charge in [-0.1, -0.05) is 157 Å². The van der Waals surface area contributed by atoms with Gasteiger partial charge in [0.05, 0.1) is 40.5 Å². The smallest absolute Gasteiger partial charge is 0.308 e. The van der Waals surface area contributed by atoms with Crippen LogP contribution in [0, 0.1) is 24.8 Å². The Morgan fingerprint density at radius 3 is 1.53 bits per heavy atom. The van der Waals surface area contributed by atoms with E-state index in [-0.39, 0.29) is 0 Å². The molecule has 0 radical (unpaired) electrons. The van der Waals surface area contributed by atoms with E-state index in [1.165, 1.54) is 12.1 Å². The van der Waals surface area contributed by atoms with Crippen LogP contribution >= 0.6 is 0 Å². The summed E-state index contributed by atoms with van der Waals surface area (Å²) < 4.78 is 46.6. The monoisotopic (exact) mass is 910 g/mol. The molecule has 0 aliphatic rings. The van der Waals surface area contributed by atoms with Gasteiger partial charge in [-0.2, -0.15) is 18.4 Å². The summed E-state index contributed by atoms with van der Waals surface area (Å²) in [5.41, 5.74) is 11.1. The molecule has 0 bridgehead atoms. The zero-order valence-corrected chi connectivity index (χ0v) is 37.4. The van der Waals surface area contributed by atoms with Gasteiger partial charge >= 0.3 is 6.18 Å². The number of nitrogens with zero attached hydrogens (tertiary/aromatic N) is 6. The molecule has 9 aromatic carbocycles. The van der Waals surface area contributed by atoms with E-state index >= 15 is 0 Å². The molecule has 0 amide bonds. The lowest BCUT2D eigenvalue weighted by Crippen LogP contribution is -2.06. The summed E-state index contributed by atoms with van der Waals surface area (Å²) in [7, 11) is 0. The Morgan fingerprint density at radius 1 is 0.471 bits per heavy atom. The minimum atomic E-state index is -4.63. The number of hydrogen-bond donors (Lipinski definition) is 0. The number of aryl methyl sites for hydroxylation is 1. The van der Waals surface area contributed by atoms with Crippen LogP contribution in [0.25, 0.3) is 111 Å². The molecule has 11 rings (SSSR count). The van der Waals surface area contributed by atoms with Crippen molar-refractivity contribution < 1.29 is 13.2 Å². The van der Waals surface area contributed by atoms with Gasteiger partial charge in [0, 0.05) is 38.6 Å². The maximum absolute atomic E-state index is 14.8. The van der Waals surface area contributed by atoms with Gasteiger partial charge in [0.25, 0.3) is 0 Å². The minimum absolute atomic E-state index is 0.332. The molecule has 0 fully saturated rings. The van der Waals surface area contributed by atoms with E-state index in [0.29, 0.717) is 51.1 Å². The molecule has 0 atom stereocenters. The summed E-state index contributed by atoms with van der Waals surface area (Å²) in [4.78, 5) is 18.9. The minimum Gasteiger partial charge on any atom is -0.308 e. The van der Waals surface area contributed by atoms with Crippen LogP contribution in [-0.4, -0.2) is 19.5 Å². The van der Waals surface area contributed by atoms with Crippen LogP contribution in [0.4, 0.5) is 18.9 Å². The lowest BCUT2D eigenvalue weighted by Gasteiger charge is -2.22. The van der Waals surface area contributed by atoms with Crippen molar-refractivity contribution in [2.75, 3.05) is 0 Å². The number of benzene rings is 9. The van der Waals surface area contributed by atoms with Crippen molar-refractivity contribution in [1.29, 1.82) is 5.26 Å². The Bertz CT molecular complexity index is 3750. The van der Waals surface area contributed by atoms with Crippen molar-refractivity contribution in [3.63, 3.8) is 0 Å². The molecule has 0 saturated heterocycles. The molecule has 0 aliphatic heterocycles. The SMILES string of the molecule is [C-]#[N+]c1ccccc1-c1ccc2c(c1)c1cc(-c3ccccc3C#N)ccc1n2-c1c(-c2cccc(C)c2)cc(-c2nc(-c3ccccc3)nc(-c3ccccc3)n2)cc1-c1cccc(C(F)(F)F)c1. The summed E-state index contributed by atoms with van der Waals surface area (Å²) in [5, 5.41) is 11.9. The lowest BCUT2D eigenvalue weighted by atomic mass is 9.91. The van der Waals surface area contributed by atoms with Gasteiger partial charge in [-0.15, -0.1) is 0 Å². The lowest BCUT2D eigenvalue weighted by molar-refractivity contribution is -0.137. The molecule has 11 aromatic rings. The molecular weight excluding hydrogens is 874 g/mol. The summed E-state index contributed by atoms with van der Waals surface area (Å²) >= 11 is 0. The highest BCUT2D eigenvalue weighted by atomic mass is 19.4. The maximum atomic E-state index is 14.8. The first-order valence-electron chi connectivity index (χ1n) is 22.5. The van der Waals surface area contributed by atoms with Crippen LogP contribution in [0.1, 0.15) is 16.7 Å². The fourth-order valence-corrected chi connectivity index (χ4v) is 9.30. The molecule has 0 aliphatic carbocycles. The molecule has 70 heavy (non-hydrogen) atoms. The molecule has 0 saturated carbocycles. The van der Waals surface area contributed by atoms with Crippen molar-refractivity contribution in [2.45, 2.75) is 13.1 Å². The van der Waals surface area contributed by atoms with E-state index in [1.54, 1.807) is 18.2 Å². The molecular formula is C61H37F3N6. The summed E-state index contributed by atoms with van der Waals surface area (Å²) in [6, 6.07) is 66.0. The van der Waals surface area contributed by atoms with Gasteiger partial charge in [0.2, 0.25) is 0 Å². The van der Waals surface area contributed by atoms with Gasteiger partial charge in [-0.25, -0.2) is 19.8 Å². The van der Waals surface area contributed by atoms with Crippen LogP contribution in [0.2, 0.25) is 0 Å². The summed E-state index contributed by atoms with van der Waals surface area (Å²) in [6.45, 7) is 10.00. The van der Waals surface area contributed by atoms with Crippen LogP contribution in [0.3, 0.4) is 0 Å². The zero-order chi connectivity index (χ0) is 47.9. The van der Waals surface area contributed by atoms with Crippen molar-refractivity contribution in [3.8, 4) is 90.4 Å². The molecule has 0 N–H and O–H groups in total. The third-order valence-corrected chi connectivity index (χ3v) is 12.6. The number of halogens is 3. The number of hydrogen-bond acceptors (Lipinski definition) is 4. The number of fused-ring (bicyclic) bond motifs is 3. The fraction of sp³-hybridized carbons (Fsp3) is 0.0328.